The first-order valence-electron chi connectivity index (χ1n) is 6.71. The number of nitrogens with one attached hydrogen (secondary N) is 1. The number of rotatable bonds is 6. The minimum Gasteiger partial charge on any atom is -0.370 e. The second kappa shape index (κ2) is 7.03. The summed E-state index contributed by atoms with van der Waals surface area (Å²) in [5.41, 5.74) is 9.41. The van der Waals surface area contributed by atoms with Crippen LogP contribution in [-0.4, -0.2) is 22.3 Å². The van der Waals surface area contributed by atoms with Crippen molar-refractivity contribution in [1.82, 2.24) is 15.1 Å². The molecule has 0 saturated heterocycles. The fraction of sp³-hybridized carbons (Fsp3) is 0.692. The van der Waals surface area contributed by atoms with Crippen LogP contribution in [0.15, 0.2) is 4.99 Å². The highest BCUT2D eigenvalue weighted by molar-refractivity contribution is 5.77. The number of nitrogens with two attached hydrogens (primary N) is 1. The van der Waals surface area contributed by atoms with Gasteiger partial charge in [-0.1, -0.05) is 20.8 Å². The molecule has 0 amide bonds. The Kier molecular flexibility index (Phi) is 5.68. The third kappa shape index (κ3) is 3.48. The van der Waals surface area contributed by atoms with Gasteiger partial charge in [0.2, 0.25) is 0 Å². The molecule has 0 aliphatic carbocycles. The van der Waals surface area contributed by atoms with Gasteiger partial charge in [0.05, 0.1) is 12.2 Å². The Balaban J connectivity index is 2.82. The van der Waals surface area contributed by atoms with Crippen LogP contribution in [0, 0.1) is 0 Å². The molecule has 3 N–H and O–H groups in total. The van der Waals surface area contributed by atoms with Gasteiger partial charge in [-0.2, -0.15) is 5.10 Å². The van der Waals surface area contributed by atoms with Crippen LogP contribution in [0.25, 0.3) is 0 Å². The molecule has 0 saturated carbocycles. The van der Waals surface area contributed by atoms with Gasteiger partial charge in [-0.3, -0.25) is 4.68 Å². The van der Waals surface area contributed by atoms with E-state index in [-0.39, 0.29) is 0 Å². The third-order valence-corrected chi connectivity index (χ3v) is 2.99. The Morgan fingerprint density at radius 2 is 2.06 bits per heavy atom. The summed E-state index contributed by atoms with van der Waals surface area (Å²) in [4.78, 5) is 4.39. The number of aliphatic imine (C=N–C) groups is 1. The molecule has 5 nitrogen and oxygen atoms in total. The van der Waals surface area contributed by atoms with E-state index in [1.807, 2.05) is 11.7 Å². The van der Waals surface area contributed by atoms with E-state index in [0.29, 0.717) is 12.5 Å². The zero-order valence-corrected chi connectivity index (χ0v) is 12.0. The highest BCUT2D eigenvalue weighted by Crippen LogP contribution is 2.16. The topological polar surface area (TPSA) is 68.2 Å². The lowest BCUT2D eigenvalue weighted by molar-refractivity contribution is 0.703. The number of hydrogen-bond donors (Lipinski definition) is 2. The molecule has 5 heteroatoms. The highest BCUT2D eigenvalue weighted by atomic mass is 15.3. The summed E-state index contributed by atoms with van der Waals surface area (Å²) in [5.74, 6) is 0.518. The van der Waals surface area contributed by atoms with E-state index >= 15 is 0 Å². The summed E-state index contributed by atoms with van der Waals surface area (Å²) in [7, 11) is 1.99. The predicted molar refractivity (Wildman–Crippen MR) is 75.6 cm³/mol. The smallest absolute Gasteiger partial charge is 0.188 e. The minimum atomic E-state index is 0.518. The van der Waals surface area contributed by atoms with Crippen LogP contribution in [-0.2, 0) is 26.4 Å². The van der Waals surface area contributed by atoms with Gasteiger partial charge in [0, 0.05) is 24.8 Å². The number of hydrogen-bond acceptors (Lipinski definition) is 2. The quantitative estimate of drug-likeness (QED) is 0.592. The van der Waals surface area contributed by atoms with Crippen molar-refractivity contribution in [2.45, 2.75) is 46.6 Å². The molecule has 0 aliphatic rings. The molecule has 0 unspecified atom stereocenters. The molecular formula is C13H25N5. The maximum atomic E-state index is 5.81. The van der Waals surface area contributed by atoms with E-state index < -0.39 is 0 Å². The second-order valence-corrected chi connectivity index (χ2v) is 4.33. The molecule has 1 heterocycles. The molecule has 0 fully saturated rings. The van der Waals surface area contributed by atoms with E-state index in [9.17, 15) is 0 Å². The third-order valence-electron chi connectivity index (χ3n) is 2.99. The van der Waals surface area contributed by atoms with Gasteiger partial charge in [-0.25, -0.2) is 4.99 Å². The molecule has 0 atom stereocenters. The van der Waals surface area contributed by atoms with Crippen molar-refractivity contribution in [3.05, 3.63) is 17.0 Å². The molecule has 1 aromatic heterocycles. The largest absolute Gasteiger partial charge is 0.370 e. The molecule has 18 heavy (non-hydrogen) atoms. The first-order chi connectivity index (χ1) is 8.63. The molecule has 0 spiro atoms. The SMILES string of the molecule is CCCNC(N)=NCc1c(CC)nn(C)c1CC. The van der Waals surface area contributed by atoms with E-state index in [0.717, 1.165) is 31.5 Å². The van der Waals surface area contributed by atoms with Crippen LogP contribution in [0.3, 0.4) is 0 Å². The van der Waals surface area contributed by atoms with E-state index in [2.05, 4.69) is 36.2 Å². The molecule has 0 aliphatic heterocycles. The second-order valence-electron chi connectivity index (χ2n) is 4.33. The molecule has 0 aromatic carbocycles. The van der Waals surface area contributed by atoms with E-state index in [4.69, 9.17) is 5.73 Å². The lowest BCUT2D eigenvalue weighted by Gasteiger charge is -2.05. The fourth-order valence-corrected chi connectivity index (χ4v) is 2.05. The summed E-state index contributed by atoms with van der Waals surface area (Å²) in [6.45, 7) is 7.84. The normalized spacial score (nSPS) is 11.9. The van der Waals surface area contributed by atoms with E-state index in [1.54, 1.807) is 0 Å². The van der Waals surface area contributed by atoms with Crippen LogP contribution in [0.5, 0.6) is 0 Å². The van der Waals surface area contributed by atoms with Crippen molar-refractivity contribution in [3.63, 3.8) is 0 Å². The maximum Gasteiger partial charge on any atom is 0.188 e. The van der Waals surface area contributed by atoms with Crippen molar-refractivity contribution in [3.8, 4) is 0 Å². The first-order valence-corrected chi connectivity index (χ1v) is 6.71. The Bertz CT molecular complexity index is 406. The number of aryl methyl sites for hydroxylation is 2. The predicted octanol–water partition coefficient (Wildman–Crippen LogP) is 1.36. The molecule has 0 bridgehead atoms. The van der Waals surface area contributed by atoms with Crippen molar-refractivity contribution in [2.24, 2.45) is 17.8 Å². The first kappa shape index (κ1) is 14.5. The summed E-state index contributed by atoms with van der Waals surface area (Å²) in [6, 6.07) is 0. The average Bonchev–Trinajstić information content (AvgIpc) is 2.69. The van der Waals surface area contributed by atoms with Crippen LogP contribution in [0.4, 0.5) is 0 Å². The maximum absolute atomic E-state index is 5.81. The Hall–Kier alpha value is -1.52. The van der Waals surface area contributed by atoms with Crippen molar-refractivity contribution >= 4 is 5.96 Å². The number of aromatic nitrogens is 2. The molecule has 1 aromatic rings. The van der Waals surface area contributed by atoms with Gasteiger partial charge < -0.3 is 11.1 Å². The van der Waals surface area contributed by atoms with Gasteiger partial charge in [0.15, 0.2) is 5.96 Å². The standard InChI is InChI=1S/C13H25N5/c1-5-8-15-13(14)16-9-10-11(6-2)17-18(4)12(10)7-3/h5-9H2,1-4H3,(H3,14,15,16). The number of nitrogens with zero attached hydrogens (tertiary/aromatic N) is 3. The molecule has 0 radical (unpaired) electrons. The van der Waals surface area contributed by atoms with Crippen LogP contribution in [0.2, 0.25) is 0 Å². The summed E-state index contributed by atoms with van der Waals surface area (Å²) in [5, 5.41) is 7.61. The lowest BCUT2D eigenvalue weighted by Crippen LogP contribution is -2.32. The van der Waals surface area contributed by atoms with Crippen LogP contribution in [0.1, 0.15) is 44.1 Å². The van der Waals surface area contributed by atoms with Crippen molar-refractivity contribution in [2.75, 3.05) is 6.54 Å². The van der Waals surface area contributed by atoms with Gasteiger partial charge in [-0.05, 0) is 19.3 Å². The zero-order valence-electron chi connectivity index (χ0n) is 12.0. The lowest BCUT2D eigenvalue weighted by atomic mass is 10.1. The summed E-state index contributed by atoms with van der Waals surface area (Å²) in [6.07, 6.45) is 2.95. The monoisotopic (exact) mass is 251 g/mol. The minimum absolute atomic E-state index is 0.518. The fourth-order valence-electron chi connectivity index (χ4n) is 2.05. The van der Waals surface area contributed by atoms with Gasteiger partial charge in [-0.15, -0.1) is 0 Å². The Morgan fingerprint density at radius 3 is 2.61 bits per heavy atom. The van der Waals surface area contributed by atoms with Gasteiger partial charge in [0.1, 0.15) is 0 Å². The molecular weight excluding hydrogens is 226 g/mol. The van der Waals surface area contributed by atoms with Crippen molar-refractivity contribution in [1.29, 1.82) is 0 Å². The highest BCUT2D eigenvalue weighted by Gasteiger charge is 2.12. The Labute approximate surface area is 109 Å². The summed E-state index contributed by atoms with van der Waals surface area (Å²) < 4.78 is 1.96. The Morgan fingerprint density at radius 1 is 1.33 bits per heavy atom. The van der Waals surface area contributed by atoms with Gasteiger partial charge in [0.25, 0.3) is 0 Å². The van der Waals surface area contributed by atoms with Crippen molar-refractivity contribution < 1.29 is 0 Å². The number of guanidine groups is 1. The molecule has 1 rings (SSSR count). The van der Waals surface area contributed by atoms with Crippen LogP contribution >= 0.6 is 0 Å². The summed E-state index contributed by atoms with van der Waals surface area (Å²) >= 11 is 0. The van der Waals surface area contributed by atoms with E-state index in [1.165, 1.54) is 11.3 Å². The van der Waals surface area contributed by atoms with Gasteiger partial charge >= 0.3 is 0 Å². The van der Waals surface area contributed by atoms with Crippen LogP contribution < -0.4 is 11.1 Å². The average molecular weight is 251 g/mol. The zero-order chi connectivity index (χ0) is 13.5. The molecule has 102 valence electrons.